The monoisotopic (exact) mass is 212 g/mol. The molecule has 0 radical (unpaired) electrons. The molecular weight excluding hydrogens is 200 g/mol. The quantitative estimate of drug-likeness (QED) is 0.396. The number of ether oxygens (including phenoxy) is 1. The van der Waals surface area contributed by atoms with Gasteiger partial charge >= 0.3 is 20.6 Å². The molecule has 1 heterocycles. The van der Waals surface area contributed by atoms with Gasteiger partial charge in [-0.2, -0.15) is 0 Å². The highest BCUT2D eigenvalue weighted by Crippen LogP contribution is 2.19. The highest BCUT2D eigenvalue weighted by atomic mass is 28.3. The van der Waals surface area contributed by atoms with Gasteiger partial charge in [-0.3, -0.25) is 9.59 Å². The maximum Gasteiger partial charge on any atom is 0.317 e. The van der Waals surface area contributed by atoms with Gasteiger partial charge in [-0.25, -0.2) is 0 Å². The molecular formula is C9H12O4Si. The number of esters is 2. The summed E-state index contributed by atoms with van der Waals surface area (Å²) in [5, 5.41) is 0. The molecule has 0 amide bonds. The molecule has 1 atom stereocenters. The lowest BCUT2D eigenvalue weighted by molar-refractivity contribution is -0.153. The van der Waals surface area contributed by atoms with E-state index in [2.05, 4.69) is 4.74 Å². The summed E-state index contributed by atoms with van der Waals surface area (Å²) in [6, 6.07) is 0.634. The number of carbonyl (C=O) groups excluding carboxylic acids is 2. The average Bonchev–Trinajstić information content (AvgIpc) is 2.45. The molecule has 4 nitrogen and oxygen atoms in total. The van der Waals surface area contributed by atoms with E-state index in [9.17, 15) is 14.1 Å². The Hall–Kier alpha value is -1.10. The van der Waals surface area contributed by atoms with Crippen LogP contribution in [0.15, 0.2) is 11.8 Å². The lowest BCUT2D eigenvalue weighted by Crippen LogP contribution is -2.06. The average molecular weight is 212 g/mol. The van der Waals surface area contributed by atoms with E-state index in [4.69, 9.17) is 0 Å². The van der Waals surface area contributed by atoms with Gasteiger partial charge in [0.1, 0.15) is 0 Å². The van der Waals surface area contributed by atoms with Crippen molar-refractivity contribution >= 4 is 20.6 Å². The Morgan fingerprint density at radius 1 is 1.57 bits per heavy atom. The summed E-state index contributed by atoms with van der Waals surface area (Å²) in [7, 11) is -1.62. The second-order valence-electron chi connectivity index (χ2n) is 3.15. The summed E-state index contributed by atoms with van der Waals surface area (Å²) in [6.45, 7) is 1.85. The number of rotatable bonds is 4. The van der Waals surface area contributed by atoms with Crippen LogP contribution in [-0.4, -0.2) is 20.6 Å². The Bertz CT molecular complexity index is 295. The van der Waals surface area contributed by atoms with Crippen molar-refractivity contribution in [2.24, 2.45) is 5.92 Å². The van der Waals surface area contributed by atoms with E-state index < -0.39 is 20.6 Å². The first-order valence-electron chi connectivity index (χ1n) is 4.57. The molecule has 0 spiro atoms. The molecule has 1 unspecified atom stereocenters. The Morgan fingerprint density at radius 2 is 2.29 bits per heavy atom. The summed E-state index contributed by atoms with van der Waals surface area (Å²) in [5.74, 6) is -1.29. The maximum atomic E-state index is 11.0. The molecule has 0 saturated carbocycles. The van der Waals surface area contributed by atoms with Crippen LogP contribution in [0.1, 0.15) is 19.8 Å². The van der Waals surface area contributed by atoms with Crippen LogP contribution in [0.3, 0.4) is 0 Å². The molecule has 1 aliphatic rings. The predicted molar refractivity (Wildman–Crippen MR) is 49.9 cm³/mol. The molecule has 0 bridgehead atoms. The van der Waals surface area contributed by atoms with Crippen LogP contribution in [0.4, 0.5) is 0 Å². The van der Waals surface area contributed by atoms with E-state index >= 15 is 0 Å². The first-order valence-corrected chi connectivity index (χ1v) is 6.26. The Labute approximate surface area is 83.6 Å². The molecule has 14 heavy (non-hydrogen) atoms. The third-order valence-electron chi connectivity index (χ3n) is 2.03. The fraction of sp³-hybridized carbons (Fsp3) is 0.556. The Balaban J connectivity index is 2.39. The summed E-state index contributed by atoms with van der Waals surface area (Å²) in [6.07, 6.45) is 2.30. The number of allylic oxidation sites excluding steroid dienone is 1. The molecule has 0 aromatic carbocycles. The van der Waals surface area contributed by atoms with Crippen molar-refractivity contribution < 1.29 is 18.8 Å². The van der Waals surface area contributed by atoms with Crippen molar-refractivity contribution in [3.63, 3.8) is 0 Å². The van der Waals surface area contributed by atoms with E-state index in [0.29, 0.717) is 12.5 Å². The summed E-state index contributed by atoms with van der Waals surface area (Å²) >= 11 is 0. The minimum absolute atomic E-state index is 0.149. The molecule has 0 N–H and O–H groups in total. The van der Waals surface area contributed by atoms with Gasteiger partial charge in [-0.1, -0.05) is 13.0 Å². The normalized spacial score (nSPS) is 21.6. The number of cyclic esters (lactones) is 2. The minimum Gasteiger partial charge on any atom is -0.393 e. The third-order valence-corrected chi connectivity index (χ3v) is 3.34. The molecule has 0 aromatic heterocycles. The van der Waals surface area contributed by atoms with E-state index in [-0.39, 0.29) is 12.3 Å². The van der Waals surface area contributed by atoms with Gasteiger partial charge < -0.3 is 9.20 Å². The number of hydrogen-bond donors (Lipinski definition) is 0. The van der Waals surface area contributed by atoms with E-state index in [0.717, 1.165) is 0 Å². The Morgan fingerprint density at radius 3 is 2.79 bits per heavy atom. The van der Waals surface area contributed by atoms with E-state index in [1.807, 2.05) is 6.92 Å². The van der Waals surface area contributed by atoms with Crippen LogP contribution >= 0.6 is 0 Å². The van der Waals surface area contributed by atoms with Crippen LogP contribution in [0.25, 0.3) is 0 Å². The highest BCUT2D eigenvalue weighted by molar-refractivity contribution is 6.48. The molecule has 1 saturated heterocycles. The van der Waals surface area contributed by atoms with Crippen molar-refractivity contribution in [3.05, 3.63) is 11.8 Å². The van der Waals surface area contributed by atoms with Crippen LogP contribution in [0.2, 0.25) is 6.04 Å². The predicted octanol–water partition coefficient (Wildman–Crippen LogP) is 1.00. The second-order valence-corrected chi connectivity index (χ2v) is 5.13. The Kier molecular flexibility index (Phi) is 3.88. The molecule has 0 aliphatic carbocycles. The fourth-order valence-corrected chi connectivity index (χ4v) is 1.82. The topological polar surface area (TPSA) is 60.4 Å². The maximum absolute atomic E-state index is 11.0. The van der Waals surface area contributed by atoms with E-state index in [1.165, 1.54) is 0 Å². The van der Waals surface area contributed by atoms with Gasteiger partial charge in [0.05, 0.1) is 12.3 Å². The summed E-state index contributed by atoms with van der Waals surface area (Å²) in [4.78, 5) is 21.7. The zero-order valence-electron chi connectivity index (χ0n) is 7.99. The van der Waals surface area contributed by atoms with Gasteiger partial charge in [-0.05, 0) is 18.2 Å². The van der Waals surface area contributed by atoms with Crippen molar-refractivity contribution in [1.29, 1.82) is 0 Å². The lowest BCUT2D eigenvalue weighted by Gasteiger charge is -1.96. The van der Waals surface area contributed by atoms with Gasteiger partial charge in [0.15, 0.2) is 0 Å². The van der Waals surface area contributed by atoms with Crippen LogP contribution in [-0.2, 0) is 18.8 Å². The van der Waals surface area contributed by atoms with Crippen LogP contribution < -0.4 is 0 Å². The zero-order chi connectivity index (χ0) is 10.6. The molecule has 1 aliphatic heterocycles. The van der Waals surface area contributed by atoms with Crippen LogP contribution in [0.5, 0.6) is 0 Å². The molecule has 1 rings (SSSR count). The smallest absolute Gasteiger partial charge is 0.317 e. The third kappa shape index (κ3) is 2.99. The molecule has 0 aromatic rings. The molecule has 1 fully saturated rings. The SMILES string of the molecule is CC[Si](=O)/C=C/CC1CC(=O)OC1=O. The first-order chi connectivity index (χ1) is 6.63. The standard InChI is InChI=1S/C9H12O4Si/c1-2-14(12)5-3-4-7-6-8(10)13-9(7)11/h3,5,7H,2,4,6H2,1H3/b5-3+. The first kappa shape index (κ1) is 11.0. The van der Waals surface area contributed by atoms with Gasteiger partial charge in [-0.15, -0.1) is 0 Å². The van der Waals surface area contributed by atoms with Crippen molar-refractivity contribution in [2.75, 3.05) is 0 Å². The van der Waals surface area contributed by atoms with Crippen molar-refractivity contribution in [1.82, 2.24) is 0 Å². The van der Waals surface area contributed by atoms with E-state index in [1.54, 1.807) is 11.8 Å². The lowest BCUT2D eigenvalue weighted by atomic mass is 10.0. The summed E-state index contributed by atoms with van der Waals surface area (Å²) in [5.41, 5.74) is 1.63. The number of hydrogen-bond acceptors (Lipinski definition) is 4. The summed E-state index contributed by atoms with van der Waals surface area (Å²) < 4.78 is 15.4. The van der Waals surface area contributed by atoms with Gasteiger partial charge in [0.2, 0.25) is 0 Å². The zero-order valence-corrected chi connectivity index (χ0v) is 8.99. The van der Waals surface area contributed by atoms with Gasteiger partial charge in [0.25, 0.3) is 0 Å². The fourth-order valence-electron chi connectivity index (χ4n) is 1.18. The molecule has 76 valence electrons. The number of carbonyl (C=O) groups is 2. The van der Waals surface area contributed by atoms with Crippen LogP contribution in [0, 0.1) is 5.92 Å². The van der Waals surface area contributed by atoms with Crippen molar-refractivity contribution in [3.8, 4) is 0 Å². The highest BCUT2D eigenvalue weighted by Gasteiger charge is 2.32. The van der Waals surface area contributed by atoms with Crippen molar-refractivity contribution in [2.45, 2.75) is 25.8 Å². The van der Waals surface area contributed by atoms with Gasteiger partial charge in [0, 0.05) is 0 Å². The second kappa shape index (κ2) is 4.95. The molecule has 5 heteroatoms. The minimum atomic E-state index is -1.62. The largest absolute Gasteiger partial charge is 0.393 e.